The number of aryl methyl sites for hydroxylation is 1. The van der Waals surface area contributed by atoms with E-state index in [-0.39, 0.29) is 11.1 Å². The van der Waals surface area contributed by atoms with Crippen LogP contribution in [0.4, 0.5) is 0 Å². The molecule has 2 fully saturated rings. The van der Waals surface area contributed by atoms with Crippen molar-refractivity contribution in [1.82, 2.24) is 23.9 Å². The van der Waals surface area contributed by atoms with Crippen LogP contribution in [0.3, 0.4) is 0 Å². The number of imidazole rings is 1. The van der Waals surface area contributed by atoms with Gasteiger partial charge in [-0.2, -0.15) is 5.26 Å². The number of pyridine rings is 1. The topological polar surface area (TPSA) is 93.1 Å². The number of nitriles is 1. The predicted molar refractivity (Wildman–Crippen MR) is 148 cm³/mol. The number of fused-ring (bicyclic) bond motifs is 1. The van der Waals surface area contributed by atoms with Crippen molar-refractivity contribution in [2.75, 3.05) is 37.7 Å². The van der Waals surface area contributed by atoms with Gasteiger partial charge in [0.15, 0.2) is 5.65 Å². The van der Waals surface area contributed by atoms with E-state index < -0.39 is 11.2 Å². The SMILES string of the molecule is Cn1c(=O)n(CC(C)(C)C)c2ccc(-c3cc(CN4CCN(C5CC[S+]([O-])C5)CC4)ccc3C#N)nc21. The van der Waals surface area contributed by atoms with E-state index in [0.29, 0.717) is 29.5 Å². The van der Waals surface area contributed by atoms with E-state index in [9.17, 15) is 14.6 Å². The highest BCUT2D eigenvalue weighted by Gasteiger charge is 2.32. The molecule has 9 heteroatoms. The van der Waals surface area contributed by atoms with Crippen LogP contribution < -0.4 is 5.69 Å². The Bertz CT molecular complexity index is 1390. The van der Waals surface area contributed by atoms with Crippen molar-refractivity contribution in [3.8, 4) is 17.3 Å². The minimum absolute atomic E-state index is 0.0412. The van der Waals surface area contributed by atoms with Crippen molar-refractivity contribution in [3.63, 3.8) is 0 Å². The summed E-state index contributed by atoms with van der Waals surface area (Å²) in [6, 6.07) is 12.6. The lowest BCUT2D eigenvalue weighted by atomic mass is 9.97. The van der Waals surface area contributed by atoms with Crippen molar-refractivity contribution in [3.05, 3.63) is 51.9 Å². The van der Waals surface area contributed by atoms with Crippen LogP contribution in [-0.4, -0.2) is 72.2 Å². The Hall–Kier alpha value is -2.64. The van der Waals surface area contributed by atoms with Crippen LogP contribution in [0.15, 0.2) is 35.1 Å². The highest BCUT2D eigenvalue weighted by atomic mass is 32.2. The van der Waals surface area contributed by atoms with Gasteiger partial charge in [-0.15, -0.1) is 0 Å². The van der Waals surface area contributed by atoms with E-state index in [1.54, 1.807) is 16.2 Å². The van der Waals surface area contributed by atoms with Crippen LogP contribution in [0.5, 0.6) is 0 Å². The molecule has 4 heterocycles. The van der Waals surface area contributed by atoms with Gasteiger partial charge in [0.1, 0.15) is 11.5 Å². The van der Waals surface area contributed by atoms with Gasteiger partial charge in [-0.25, -0.2) is 9.78 Å². The molecule has 0 bridgehead atoms. The minimum Gasteiger partial charge on any atom is -0.616 e. The van der Waals surface area contributed by atoms with E-state index in [4.69, 9.17) is 4.98 Å². The normalized spacial score (nSPS) is 21.5. The Morgan fingerprint density at radius 3 is 2.57 bits per heavy atom. The van der Waals surface area contributed by atoms with Gasteiger partial charge in [-0.3, -0.25) is 18.9 Å². The molecule has 2 atom stereocenters. The molecule has 2 aromatic heterocycles. The molecule has 196 valence electrons. The van der Waals surface area contributed by atoms with Crippen LogP contribution in [0.2, 0.25) is 0 Å². The average molecular weight is 521 g/mol. The van der Waals surface area contributed by atoms with Crippen LogP contribution in [0, 0.1) is 16.7 Å². The molecule has 0 saturated carbocycles. The van der Waals surface area contributed by atoms with Crippen LogP contribution in [0.1, 0.15) is 38.3 Å². The largest absolute Gasteiger partial charge is 0.616 e. The fourth-order valence-corrected chi connectivity index (χ4v) is 7.04. The molecule has 1 aromatic carbocycles. The predicted octanol–water partition coefficient (Wildman–Crippen LogP) is 2.96. The monoisotopic (exact) mass is 520 g/mol. The molecule has 0 aliphatic carbocycles. The van der Waals surface area contributed by atoms with Crippen molar-refractivity contribution in [2.24, 2.45) is 12.5 Å². The second-order valence-electron chi connectivity index (χ2n) is 11.6. The Morgan fingerprint density at radius 2 is 1.92 bits per heavy atom. The lowest BCUT2D eigenvalue weighted by Crippen LogP contribution is -2.50. The summed E-state index contributed by atoms with van der Waals surface area (Å²) < 4.78 is 15.2. The summed E-state index contributed by atoms with van der Waals surface area (Å²) in [6.45, 7) is 11.7. The number of aromatic nitrogens is 3. The molecule has 2 aliphatic heterocycles. The number of piperazine rings is 1. The summed E-state index contributed by atoms with van der Waals surface area (Å²) in [6.07, 6.45) is 1.05. The molecule has 0 spiro atoms. The van der Waals surface area contributed by atoms with Crippen molar-refractivity contribution in [1.29, 1.82) is 5.26 Å². The maximum atomic E-state index is 12.9. The van der Waals surface area contributed by atoms with E-state index in [1.165, 1.54) is 0 Å². The summed E-state index contributed by atoms with van der Waals surface area (Å²) in [4.78, 5) is 22.7. The minimum atomic E-state index is -0.642. The zero-order valence-electron chi connectivity index (χ0n) is 22.2. The smallest absolute Gasteiger partial charge is 0.330 e. The lowest BCUT2D eigenvalue weighted by molar-refractivity contribution is 0.100. The van der Waals surface area contributed by atoms with E-state index >= 15 is 0 Å². The maximum Gasteiger partial charge on any atom is 0.330 e. The molecule has 0 N–H and O–H groups in total. The molecule has 2 unspecified atom stereocenters. The first-order valence-corrected chi connectivity index (χ1v) is 14.5. The van der Waals surface area contributed by atoms with Gasteiger partial charge in [-0.1, -0.05) is 38.0 Å². The van der Waals surface area contributed by atoms with Crippen molar-refractivity contribution in [2.45, 2.75) is 46.3 Å². The van der Waals surface area contributed by atoms with E-state index in [2.05, 4.69) is 42.7 Å². The highest BCUT2D eigenvalue weighted by molar-refractivity contribution is 7.91. The third-order valence-electron chi connectivity index (χ3n) is 7.48. The van der Waals surface area contributed by atoms with Crippen LogP contribution >= 0.6 is 0 Å². The van der Waals surface area contributed by atoms with Gasteiger partial charge >= 0.3 is 5.69 Å². The first-order valence-electron chi connectivity index (χ1n) is 13.0. The number of benzene rings is 1. The van der Waals surface area contributed by atoms with Gasteiger partial charge in [0.25, 0.3) is 0 Å². The summed E-state index contributed by atoms with van der Waals surface area (Å²) >= 11 is -0.642. The summed E-state index contributed by atoms with van der Waals surface area (Å²) in [5.74, 6) is 1.66. The average Bonchev–Trinajstić information content (AvgIpc) is 3.40. The molecule has 0 amide bonds. The molecular weight excluding hydrogens is 484 g/mol. The summed E-state index contributed by atoms with van der Waals surface area (Å²) in [5.41, 5.74) is 4.54. The Balaban J connectivity index is 1.37. The van der Waals surface area contributed by atoms with Crippen molar-refractivity contribution < 1.29 is 4.55 Å². The van der Waals surface area contributed by atoms with Gasteiger partial charge in [-0.05, 0) is 35.2 Å². The molecule has 2 saturated heterocycles. The van der Waals surface area contributed by atoms with Crippen molar-refractivity contribution >= 4 is 22.3 Å². The fourth-order valence-electron chi connectivity index (χ4n) is 5.53. The fraction of sp³-hybridized carbons (Fsp3) is 0.536. The first kappa shape index (κ1) is 26.0. The Labute approximate surface area is 221 Å². The molecule has 5 rings (SSSR count). The molecule has 2 aliphatic rings. The Kier molecular flexibility index (Phi) is 7.20. The standard InChI is InChI=1S/C28H36N6O2S/c1-28(2,3)19-34-25-8-7-24(30-26(25)31(4)27(34)35)23-15-20(5-6-21(23)16-29)17-32-10-12-33(13-11-32)22-9-14-37(36)18-22/h5-8,15,22H,9-14,17-19H2,1-4H3. The first-order chi connectivity index (χ1) is 17.6. The number of hydrogen-bond acceptors (Lipinski definition) is 6. The van der Waals surface area contributed by atoms with E-state index in [1.807, 2.05) is 24.3 Å². The van der Waals surface area contributed by atoms with Gasteiger partial charge in [0.2, 0.25) is 0 Å². The van der Waals surface area contributed by atoms with E-state index in [0.717, 1.165) is 67.3 Å². The third-order valence-corrected chi connectivity index (χ3v) is 8.93. The molecular formula is C28H36N6O2S. The molecule has 8 nitrogen and oxygen atoms in total. The molecule has 37 heavy (non-hydrogen) atoms. The zero-order chi connectivity index (χ0) is 26.3. The quantitative estimate of drug-likeness (QED) is 0.480. The highest BCUT2D eigenvalue weighted by Crippen LogP contribution is 2.27. The second kappa shape index (κ2) is 10.3. The number of rotatable bonds is 5. The zero-order valence-corrected chi connectivity index (χ0v) is 23.1. The number of hydrogen-bond donors (Lipinski definition) is 0. The molecule has 3 aromatic rings. The van der Waals surface area contributed by atoms with Gasteiger partial charge < -0.3 is 4.55 Å². The third kappa shape index (κ3) is 5.48. The van der Waals surface area contributed by atoms with Gasteiger partial charge in [0, 0.05) is 58.3 Å². The summed E-state index contributed by atoms with van der Waals surface area (Å²) in [5, 5.41) is 9.81. The Morgan fingerprint density at radius 1 is 1.16 bits per heavy atom. The molecule has 0 radical (unpaired) electrons. The lowest BCUT2D eigenvalue weighted by Gasteiger charge is -2.37. The summed E-state index contributed by atoms with van der Waals surface area (Å²) in [7, 11) is 1.76. The van der Waals surface area contributed by atoms with Crippen LogP contribution in [-0.2, 0) is 31.3 Å². The van der Waals surface area contributed by atoms with Gasteiger partial charge in [0.05, 0.1) is 28.9 Å². The maximum absolute atomic E-state index is 12.9. The second-order valence-corrected chi connectivity index (χ2v) is 13.2. The number of nitrogens with zero attached hydrogens (tertiary/aromatic N) is 6. The van der Waals surface area contributed by atoms with Crippen LogP contribution in [0.25, 0.3) is 22.4 Å².